The summed E-state index contributed by atoms with van der Waals surface area (Å²) in [5.74, 6) is 1.65. The zero-order valence-corrected chi connectivity index (χ0v) is 21.4. The van der Waals surface area contributed by atoms with Crippen molar-refractivity contribution in [1.82, 2.24) is 4.98 Å². The fourth-order valence-corrected chi connectivity index (χ4v) is 7.47. The first-order chi connectivity index (χ1) is 15.4. The second kappa shape index (κ2) is 11.4. The number of hydrogen-bond donors (Lipinski definition) is 3. The first kappa shape index (κ1) is 24.9. The molecule has 5 heteroatoms. The monoisotopic (exact) mass is 455 g/mol. The molecule has 3 N–H and O–H groups in total. The molecule has 1 aliphatic rings. The van der Waals surface area contributed by atoms with Crippen LogP contribution in [0.25, 0.3) is 11.1 Å². The molecule has 0 amide bonds. The third kappa shape index (κ3) is 5.27. The van der Waals surface area contributed by atoms with Gasteiger partial charge < -0.3 is 10.8 Å². The van der Waals surface area contributed by atoms with Crippen molar-refractivity contribution in [1.29, 1.82) is 0 Å². The maximum absolute atomic E-state index is 10.6. The zero-order valence-electron chi connectivity index (χ0n) is 20.5. The predicted molar refractivity (Wildman–Crippen MR) is 140 cm³/mol. The van der Waals surface area contributed by atoms with Crippen LogP contribution in [-0.4, -0.2) is 27.4 Å². The molecule has 2 aromatic rings. The SMILES string of the molecule is CCCCCC1=NCC[SH]1c1c(C(C)C)nc(C(C)C)c(CO)c1-c1cccc(CN)c1. The Bertz CT molecular complexity index is 952. The maximum Gasteiger partial charge on any atom is 0.0706 e. The highest BCUT2D eigenvalue weighted by Crippen LogP contribution is 2.52. The predicted octanol–water partition coefficient (Wildman–Crippen LogP) is 6.30. The van der Waals surface area contributed by atoms with E-state index in [0.29, 0.717) is 12.5 Å². The number of aliphatic hydroxyl groups is 1. The van der Waals surface area contributed by atoms with Gasteiger partial charge in [0.05, 0.1) is 17.3 Å². The highest BCUT2D eigenvalue weighted by Gasteiger charge is 2.30. The van der Waals surface area contributed by atoms with Crippen molar-refractivity contribution in [3.8, 4) is 11.1 Å². The van der Waals surface area contributed by atoms with E-state index < -0.39 is 10.9 Å². The molecule has 176 valence electrons. The average molecular weight is 456 g/mol. The van der Waals surface area contributed by atoms with Crippen LogP contribution in [0.5, 0.6) is 0 Å². The van der Waals surface area contributed by atoms with E-state index in [9.17, 15) is 5.11 Å². The van der Waals surface area contributed by atoms with Crippen LogP contribution in [0.15, 0.2) is 34.2 Å². The Morgan fingerprint density at radius 2 is 1.84 bits per heavy atom. The van der Waals surface area contributed by atoms with Crippen molar-refractivity contribution in [3.05, 3.63) is 46.8 Å². The number of nitrogens with two attached hydrogens (primary N) is 1. The molecule has 4 nitrogen and oxygen atoms in total. The number of thiol groups is 1. The largest absolute Gasteiger partial charge is 0.392 e. The number of unbranched alkanes of at least 4 members (excludes halogenated alkanes) is 2. The third-order valence-corrected chi connectivity index (χ3v) is 8.87. The van der Waals surface area contributed by atoms with Gasteiger partial charge in [-0.2, -0.15) is 10.9 Å². The molecule has 0 saturated carbocycles. The molecule has 2 heterocycles. The van der Waals surface area contributed by atoms with Crippen molar-refractivity contribution in [2.45, 2.75) is 90.2 Å². The number of aromatic nitrogens is 1. The first-order valence-electron chi connectivity index (χ1n) is 12.2. The van der Waals surface area contributed by atoms with E-state index in [0.717, 1.165) is 41.1 Å². The molecule has 0 aliphatic carbocycles. The number of hydrogen-bond acceptors (Lipinski definition) is 4. The van der Waals surface area contributed by atoms with Crippen molar-refractivity contribution < 1.29 is 5.11 Å². The highest BCUT2D eigenvalue weighted by molar-refractivity contribution is 8.30. The molecule has 0 spiro atoms. The molecule has 0 fully saturated rings. The van der Waals surface area contributed by atoms with Crippen LogP contribution < -0.4 is 5.73 Å². The molecule has 0 radical (unpaired) electrons. The normalized spacial score (nSPS) is 17.4. The molecule has 1 aromatic heterocycles. The number of pyridine rings is 1. The van der Waals surface area contributed by atoms with Gasteiger partial charge in [-0.05, 0) is 41.9 Å². The highest BCUT2D eigenvalue weighted by atomic mass is 32.2. The van der Waals surface area contributed by atoms with Crippen LogP contribution >= 0.6 is 10.9 Å². The van der Waals surface area contributed by atoms with Crippen molar-refractivity contribution in [2.24, 2.45) is 10.7 Å². The summed E-state index contributed by atoms with van der Waals surface area (Å²) < 4.78 is 0. The summed E-state index contributed by atoms with van der Waals surface area (Å²) in [7, 11) is -0.540. The Morgan fingerprint density at radius 1 is 1.09 bits per heavy atom. The summed E-state index contributed by atoms with van der Waals surface area (Å²) in [6.45, 7) is 12.5. The van der Waals surface area contributed by atoms with E-state index in [1.54, 1.807) is 0 Å². The lowest BCUT2D eigenvalue weighted by atomic mass is 9.91. The fourth-order valence-electron chi connectivity index (χ4n) is 4.61. The Labute approximate surface area is 197 Å². The lowest BCUT2D eigenvalue weighted by Crippen LogP contribution is -2.13. The quantitative estimate of drug-likeness (QED) is 0.291. The van der Waals surface area contributed by atoms with Gasteiger partial charge in [0.2, 0.25) is 0 Å². The molecular formula is C27H41N3OS. The Kier molecular flexibility index (Phi) is 8.92. The average Bonchev–Trinajstić information content (AvgIpc) is 3.25. The summed E-state index contributed by atoms with van der Waals surface area (Å²) in [6, 6.07) is 8.54. The lowest BCUT2D eigenvalue weighted by Gasteiger charge is -2.30. The van der Waals surface area contributed by atoms with Gasteiger partial charge >= 0.3 is 0 Å². The van der Waals surface area contributed by atoms with Gasteiger partial charge in [0.1, 0.15) is 0 Å². The summed E-state index contributed by atoms with van der Waals surface area (Å²) >= 11 is 0. The van der Waals surface area contributed by atoms with Gasteiger partial charge in [0.15, 0.2) is 0 Å². The number of aliphatic imine (C=N–C) groups is 1. The van der Waals surface area contributed by atoms with Crippen LogP contribution in [0, 0.1) is 0 Å². The van der Waals surface area contributed by atoms with Crippen LogP contribution in [0.4, 0.5) is 0 Å². The van der Waals surface area contributed by atoms with E-state index in [1.807, 2.05) is 0 Å². The Morgan fingerprint density at radius 3 is 2.47 bits per heavy atom. The summed E-state index contributed by atoms with van der Waals surface area (Å²) in [6.07, 6.45) is 4.75. The summed E-state index contributed by atoms with van der Waals surface area (Å²) in [5.41, 5.74) is 12.7. The third-order valence-electron chi connectivity index (χ3n) is 6.24. The molecule has 3 rings (SSSR count). The molecule has 0 bridgehead atoms. The van der Waals surface area contributed by atoms with Crippen LogP contribution in [-0.2, 0) is 13.2 Å². The lowest BCUT2D eigenvalue weighted by molar-refractivity contribution is 0.279. The molecular weight excluding hydrogens is 414 g/mol. The second-order valence-electron chi connectivity index (χ2n) is 9.36. The van der Waals surface area contributed by atoms with E-state index in [-0.39, 0.29) is 12.5 Å². The standard InChI is InChI=1S/C27H41N3OS/c1-6-7-8-12-23-29-13-14-32(23)27-24(21-11-9-10-20(15-21)16-28)22(17-31)25(18(2)3)30-26(27)19(4)5/h9-11,15,18-19,31-32H,6-8,12-14,16-17,28H2,1-5H3. The molecule has 1 atom stereocenters. The van der Waals surface area contributed by atoms with Gasteiger partial charge in [0, 0.05) is 40.6 Å². The molecule has 0 saturated heterocycles. The van der Waals surface area contributed by atoms with Crippen LogP contribution in [0.1, 0.15) is 94.7 Å². The van der Waals surface area contributed by atoms with Crippen molar-refractivity contribution >= 4 is 15.9 Å². The van der Waals surface area contributed by atoms with Gasteiger partial charge in [-0.15, -0.1) is 0 Å². The van der Waals surface area contributed by atoms with Crippen LogP contribution in [0.2, 0.25) is 0 Å². The summed E-state index contributed by atoms with van der Waals surface area (Å²) in [5, 5.41) is 12.0. The number of benzene rings is 1. The number of rotatable bonds is 10. The van der Waals surface area contributed by atoms with Gasteiger partial charge in [-0.25, -0.2) is 0 Å². The Hall–Kier alpha value is -1.69. The minimum absolute atomic E-state index is 0.000438. The van der Waals surface area contributed by atoms with Crippen molar-refractivity contribution in [2.75, 3.05) is 12.3 Å². The molecule has 1 aromatic carbocycles. The first-order valence-corrected chi connectivity index (χ1v) is 13.7. The van der Waals surface area contributed by atoms with Crippen molar-refractivity contribution in [3.63, 3.8) is 0 Å². The minimum atomic E-state index is -0.540. The van der Waals surface area contributed by atoms with E-state index in [4.69, 9.17) is 15.7 Å². The zero-order chi connectivity index (χ0) is 23.3. The number of nitrogens with zero attached hydrogens (tertiary/aromatic N) is 2. The van der Waals surface area contributed by atoms with Gasteiger partial charge in [-0.3, -0.25) is 9.98 Å². The van der Waals surface area contributed by atoms with E-state index in [2.05, 4.69) is 58.9 Å². The van der Waals surface area contributed by atoms with E-state index in [1.165, 1.54) is 40.5 Å². The van der Waals surface area contributed by atoms with Gasteiger partial charge in [0.25, 0.3) is 0 Å². The van der Waals surface area contributed by atoms with Crippen LogP contribution in [0.3, 0.4) is 0 Å². The topological polar surface area (TPSA) is 71.5 Å². The molecule has 32 heavy (non-hydrogen) atoms. The van der Waals surface area contributed by atoms with E-state index >= 15 is 0 Å². The molecule has 1 aliphatic heterocycles. The molecule has 1 unspecified atom stereocenters. The maximum atomic E-state index is 10.6. The summed E-state index contributed by atoms with van der Waals surface area (Å²) in [4.78, 5) is 11.6. The van der Waals surface area contributed by atoms with Gasteiger partial charge in [-0.1, -0.05) is 65.7 Å². The smallest absolute Gasteiger partial charge is 0.0706 e. The Balaban J connectivity index is 2.29. The number of aliphatic hydroxyl groups excluding tert-OH is 1. The minimum Gasteiger partial charge on any atom is -0.392 e. The fraction of sp³-hybridized carbons (Fsp3) is 0.556. The second-order valence-corrected chi connectivity index (χ2v) is 11.6.